The standard InChI is InChI=1S/C17H34N2O2/c1-6-7-8-9-10-11-13(2)18-14-12-15(14)19-16(20)21-17(3,4)5/h13-15,18H,6-12H2,1-5H3,(H,19,20). The first-order valence-corrected chi connectivity index (χ1v) is 8.57. The molecule has 1 rings (SSSR count). The molecule has 4 nitrogen and oxygen atoms in total. The van der Waals surface area contributed by atoms with Crippen LogP contribution in [-0.4, -0.2) is 29.8 Å². The Morgan fingerprint density at radius 2 is 1.86 bits per heavy atom. The highest BCUT2D eigenvalue weighted by molar-refractivity contribution is 5.68. The molecule has 0 aromatic rings. The van der Waals surface area contributed by atoms with Gasteiger partial charge in [-0.15, -0.1) is 0 Å². The molecule has 1 saturated carbocycles. The topological polar surface area (TPSA) is 50.4 Å². The fourth-order valence-corrected chi connectivity index (χ4v) is 2.50. The summed E-state index contributed by atoms with van der Waals surface area (Å²) in [7, 11) is 0. The fourth-order valence-electron chi connectivity index (χ4n) is 2.50. The van der Waals surface area contributed by atoms with Crippen molar-refractivity contribution in [1.29, 1.82) is 0 Å². The van der Waals surface area contributed by atoms with Crippen LogP contribution in [0.4, 0.5) is 4.79 Å². The number of hydrogen-bond donors (Lipinski definition) is 2. The second-order valence-corrected chi connectivity index (χ2v) is 7.37. The van der Waals surface area contributed by atoms with E-state index in [0.717, 1.165) is 6.42 Å². The lowest BCUT2D eigenvalue weighted by molar-refractivity contribution is 0.0522. The van der Waals surface area contributed by atoms with Gasteiger partial charge in [-0.25, -0.2) is 4.79 Å². The molecule has 4 heteroatoms. The van der Waals surface area contributed by atoms with Gasteiger partial charge in [0.05, 0.1) is 0 Å². The number of unbranched alkanes of at least 4 members (excludes halogenated alkanes) is 4. The molecule has 0 aliphatic heterocycles. The summed E-state index contributed by atoms with van der Waals surface area (Å²) >= 11 is 0. The quantitative estimate of drug-likeness (QED) is 0.633. The van der Waals surface area contributed by atoms with Crippen LogP contribution in [0.1, 0.15) is 79.6 Å². The van der Waals surface area contributed by atoms with Crippen LogP contribution in [0.5, 0.6) is 0 Å². The Morgan fingerprint density at radius 3 is 2.48 bits per heavy atom. The molecule has 2 N–H and O–H groups in total. The summed E-state index contributed by atoms with van der Waals surface area (Å²) in [6, 6.07) is 1.19. The van der Waals surface area contributed by atoms with Gasteiger partial charge in [0.2, 0.25) is 0 Å². The molecule has 0 spiro atoms. The summed E-state index contributed by atoms with van der Waals surface area (Å²) < 4.78 is 5.27. The van der Waals surface area contributed by atoms with Crippen LogP contribution in [0.25, 0.3) is 0 Å². The molecule has 0 aromatic carbocycles. The summed E-state index contributed by atoms with van der Waals surface area (Å²) in [6.07, 6.45) is 8.58. The first-order chi connectivity index (χ1) is 9.81. The van der Waals surface area contributed by atoms with Gasteiger partial charge >= 0.3 is 6.09 Å². The van der Waals surface area contributed by atoms with E-state index in [0.29, 0.717) is 12.1 Å². The van der Waals surface area contributed by atoms with Gasteiger partial charge in [-0.05, 0) is 40.5 Å². The molecule has 3 atom stereocenters. The van der Waals surface area contributed by atoms with Crippen LogP contribution in [0, 0.1) is 0 Å². The van der Waals surface area contributed by atoms with Crippen LogP contribution in [0.2, 0.25) is 0 Å². The van der Waals surface area contributed by atoms with Gasteiger partial charge in [0.25, 0.3) is 0 Å². The Balaban J connectivity index is 2.06. The highest BCUT2D eigenvalue weighted by atomic mass is 16.6. The number of rotatable bonds is 9. The number of hydrogen-bond acceptors (Lipinski definition) is 3. The van der Waals surface area contributed by atoms with E-state index < -0.39 is 5.60 Å². The maximum Gasteiger partial charge on any atom is 0.407 e. The maximum atomic E-state index is 11.7. The minimum absolute atomic E-state index is 0.238. The normalized spacial score (nSPS) is 22.7. The molecule has 1 aliphatic carbocycles. The number of ether oxygens (including phenoxy) is 1. The van der Waals surface area contributed by atoms with E-state index in [4.69, 9.17) is 4.74 Å². The van der Waals surface area contributed by atoms with Crippen molar-refractivity contribution in [2.24, 2.45) is 0 Å². The van der Waals surface area contributed by atoms with Crippen molar-refractivity contribution < 1.29 is 9.53 Å². The molecule has 0 radical (unpaired) electrons. The zero-order valence-corrected chi connectivity index (χ0v) is 14.5. The second-order valence-electron chi connectivity index (χ2n) is 7.37. The average Bonchev–Trinajstić information content (AvgIpc) is 3.03. The molecule has 1 amide bonds. The van der Waals surface area contributed by atoms with Crippen LogP contribution < -0.4 is 10.6 Å². The van der Waals surface area contributed by atoms with Crippen molar-refractivity contribution in [1.82, 2.24) is 10.6 Å². The Hall–Kier alpha value is -0.770. The molecule has 21 heavy (non-hydrogen) atoms. The lowest BCUT2D eigenvalue weighted by atomic mass is 10.1. The molecule has 0 saturated heterocycles. The Labute approximate surface area is 130 Å². The Morgan fingerprint density at radius 1 is 1.19 bits per heavy atom. The van der Waals surface area contributed by atoms with Crippen LogP contribution in [0.3, 0.4) is 0 Å². The van der Waals surface area contributed by atoms with Crippen molar-refractivity contribution in [2.45, 2.75) is 103 Å². The molecule has 124 valence electrons. The lowest BCUT2D eigenvalue weighted by Crippen LogP contribution is -2.38. The SMILES string of the molecule is CCCCCCCC(C)NC1CC1NC(=O)OC(C)(C)C. The molecular weight excluding hydrogens is 264 g/mol. The average molecular weight is 298 g/mol. The third-order valence-electron chi connectivity index (χ3n) is 3.73. The minimum Gasteiger partial charge on any atom is -0.444 e. The summed E-state index contributed by atoms with van der Waals surface area (Å²) in [5, 5.41) is 6.52. The van der Waals surface area contributed by atoms with E-state index in [1.807, 2.05) is 20.8 Å². The predicted molar refractivity (Wildman–Crippen MR) is 87.5 cm³/mol. The van der Waals surface area contributed by atoms with E-state index in [1.165, 1.54) is 38.5 Å². The van der Waals surface area contributed by atoms with E-state index in [1.54, 1.807) is 0 Å². The lowest BCUT2D eigenvalue weighted by Gasteiger charge is -2.20. The van der Waals surface area contributed by atoms with Crippen LogP contribution in [0.15, 0.2) is 0 Å². The van der Waals surface area contributed by atoms with Gasteiger partial charge in [0, 0.05) is 18.1 Å². The monoisotopic (exact) mass is 298 g/mol. The van der Waals surface area contributed by atoms with E-state index in [9.17, 15) is 4.79 Å². The zero-order chi connectivity index (χ0) is 15.9. The number of carbonyl (C=O) groups excluding carboxylic acids is 1. The zero-order valence-electron chi connectivity index (χ0n) is 14.5. The summed E-state index contributed by atoms with van der Waals surface area (Å²) in [4.78, 5) is 11.7. The largest absolute Gasteiger partial charge is 0.444 e. The molecule has 3 unspecified atom stereocenters. The smallest absolute Gasteiger partial charge is 0.407 e. The summed E-state index contributed by atoms with van der Waals surface area (Å²) in [5.41, 5.74) is -0.423. The molecular formula is C17H34N2O2. The van der Waals surface area contributed by atoms with Gasteiger partial charge in [0.15, 0.2) is 0 Å². The van der Waals surface area contributed by atoms with Crippen molar-refractivity contribution >= 4 is 6.09 Å². The van der Waals surface area contributed by atoms with E-state index in [2.05, 4.69) is 24.5 Å². The predicted octanol–water partition coefficient (Wildman–Crippen LogP) is 3.99. The van der Waals surface area contributed by atoms with Crippen molar-refractivity contribution in [2.75, 3.05) is 0 Å². The first kappa shape index (κ1) is 18.3. The number of amides is 1. The molecule has 0 aromatic heterocycles. The summed E-state index contributed by atoms with van der Waals surface area (Å²) in [6.45, 7) is 10.1. The molecule has 0 bridgehead atoms. The molecule has 1 fully saturated rings. The van der Waals surface area contributed by atoms with Gasteiger partial charge in [-0.3, -0.25) is 0 Å². The van der Waals surface area contributed by atoms with Crippen molar-refractivity contribution in [3.05, 3.63) is 0 Å². The number of carbonyl (C=O) groups is 1. The molecule has 0 heterocycles. The Kier molecular flexibility index (Phi) is 7.50. The van der Waals surface area contributed by atoms with Gasteiger partial charge in [-0.1, -0.05) is 39.0 Å². The van der Waals surface area contributed by atoms with Crippen LogP contribution in [-0.2, 0) is 4.74 Å². The second kappa shape index (κ2) is 8.62. The minimum atomic E-state index is -0.423. The van der Waals surface area contributed by atoms with Crippen molar-refractivity contribution in [3.63, 3.8) is 0 Å². The van der Waals surface area contributed by atoms with Crippen LogP contribution >= 0.6 is 0 Å². The van der Waals surface area contributed by atoms with Gasteiger partial charge in [-0.2, -0.15) is 0 Å². The third-order valence-corrected chi connectivity index (χ3v) is 3.73. The van der Waals surface area contributed by atoms with E-state index in [-0.39, 0.29) is 12.1 Å². The van der Waals surface area contributed by atoms with Gasteiger partial charge in [0.1, 0.15) is 5.60 Å². The summed E-state index contributed by atoms with van der Waals surface area (Å²) in [5.74, 6) is 0. The highest BCUT2D eigenvalue weighted by Crippen LogP contribution is 2.23. The van der Waals surface area contributed by atoms with Gasteiger partial charge < -0.3 is 15.4 Å². The maximum absolute atomic E-state index is 11.7. The molecule has 1 aliphatic rings. The number of alkyl carbamates (subject to hydrolysis) is 1. The third kappa shape index (κ3) is 8.97. The fraction of sp³-hybridized carbons (Fsp3) is 0.941. The highest BCUT2D eigenvalue weighted by Gasteiger charge is 2.39. The van der Waals surface area contributed by atoms with E-state index >= 15 is 0 Å². The number of nitrogens with one attached hydrogen (secondary N) is 2. The van der Waals surface area contributed by atoms with Crippen molar-refractivity contribution in [3.8, 4) is 0 Å². The Bertz CT molecular complexity index is 312. The first-order valence-electron chi connectivity index (χ1n) is 8.57.